The van der Waals surface area contributed by atoms with Crippen LogP contribution in [0.15, 0.2) is 12.1 Å². The summed E-state index contributed by atoms with van der Waals surface area (Å²) >= 11 is 6.03. The van der Waals surface area contributed by atoms with Gasteiger partial charge in [0, 0.05) is 13.1 Å². The Bertz CT molecular complexity index is 417. The van der Waals surface area contributed by atoms with Crippen LogP contribution in [-0.4, -0.2) is 25.0 Å². The van der Waals surface area contributed by atoms with Gasteiger partial charge in [-0.05, 0) is 17.7 Å². The summed E-state index contributed by atoms with van der Waals surface area (Å²) in [5, 5.41) is 13.6. The van der Waals surface area contributed by atoms with Crippen molar-refractivity contribution in [2.75, 3.05) is 19.9 Å². The molecule has 80 valence electrons. The van der Waals surface area contributed by atoms with Crippen LogP contribution in [0.25, 0.3) is 0 Å². The van der Waals surface area contributed by atoms with Gasteiger partial charge in [-0.3, -0.25) is 0 Å². The molecule has 15 heavy (non-hydrogen) atoms. The van der Waals surface area contributed by atoms with Gasteiger partial charge in [-0.1, -0.05) is 11.6 Å². The van der Waals surface area contributed by atoms with Crippen LogP contribution in [0.5, 0.6) is 11.5 Å². The van der Waals surface area contributed by atoms with Gasteiger partial charge in [0.15, 0.2) is 11.5 Å². The van der Waals surface area contributed by atoms with E-state index in [-0.39, 0.29) is 6.79 Å². The smallest absolute Gasteiger partial charge is 0.231 e. The first-order valence-corrected chi connectivity index (χ1v) is 5.10. The van der Waals surface area contributed by atoms with Crippen LogP contribution in [0, 0.1) is 0 Å². The van der Waals surface area contributed by atoms with Crippen molar-refractivity contribution in [3.8, 4) is 11.5 Å². The third-order valence-corrected chi connectivity index (χ3v) is 3.08. The van der Waals surface area contributed by atoms with E-state index in [0.29, 0.717) is 29.6 Å². The fraction of sp³-hybridized carbons (Fsp3) is 0.400. The van der Waals surface area contributed by atoms with Crippen molar-refractivity contribution >= 4 is 11.6 Å². The lowest BCUT2D eigenvalue weighted by molar-refractivity contribution is -0.0147. The van der Waals surface area contributed by atoms with Crippen LogP contribution >= 0.6 is 11.6 Å². The lowest BCUT2D eigenvalue weighted by Crippen LogP contribution is -2.56. The van der Waals surface area contributed by atoms with Gasteiger partial charge in [0.1, 0.15) is 5.60 Å². The molecule has 0 aromatic heterocycles. The molecule has 0 radical (unpaired) electrons. The predicted molar refractivity (Wildman–Crippen MR) is 54.3 cm³/mol. The second-order valence-electron chi connectivity index (χ2n) is 3.83. The van der Waals surface area contributed by atoms with Crippen LogP contribution in [0.4, 0.5) is 0 Å². The molecule has 1 saturated heterocycles. The highest BCUT2D eigenvalue weighted by Gasteiger charge is 2.37. The molecule has 0 aliphatic carbocycles. The number of aliphatic hydroxyl groups is 1. The number of hydrogen-bond acceptors (Lipinski definition) is 4. The van der Waals surface area contributed by atoms with Gasteiger partial charge >= 0.3 is 0 Å². The van der Waals surface area contributed by atoms with E-state index >= 15 is 0 Å². The van der Waals surface area contributed by atoms with Crippen LogP contribution in [0.3, 0.4) is 0 Å². The lowest BCUT2D eigenvalue weighted by Gasteiger charge is -2.38. The number of nitrogens with one attached hydrogen (secondary N) is 1. The van der Waals surface area contributed by atoms with Gasteiger partial charge in [-0.2, -0.15) is 0 Å². The molecule has 3 rings (SSSR count). The molecular formula is C10H10ClNO3. The molecule has 1 aromatic rings. The van der Waals surface area contributed by atoms with Gasteiger partial charge < -0.3 is 19.9 Å². The largest absolute Gasteiger partial charge is 0.454 e. The molecule has 0 atom stereocenters. The minimum Gasteiger partial charge on any atom is -0.454 e. The molecule has 5 heteroatoms. The molecule has 2 aliphatic rings. The third-order valence-electron chi connectivity index (χ3n) is 2.80. The molecule has 2 heterocycles. The highest BCUT2D eigenvalue weighted by Crippen LogP contribution is 2.42. The Labute approximate surface area is 91.8 Å². The van der Waals surface area contributed by atoms with Crippen molar-refractivity contribution < 1.29 is 14.6 Å². The van der Waals surface area contributed by atoms with Crippen molar-refractivity contribution in [1.82, 2.24) is 5.32 Å². The Kier molecular flexibility index (Phi) is 1.86. The van der Waals surface area contributed by atoms with E-state index in [1.54, 1.807) is 12.1 Å². The quantitative estimate of drug-likeness (QED) is 0.747. The van der Waals surface area contributed by atoms with Gasteiger partial charge in [0.05, 0.1) is 5.02 Å². The van der Waals surface area contributed by atoms with Crippen molar-refractivity contribution in [3.05, 3.63) is 22.7 Å². The summed E-state index contributed by atoms with van der Waals surface area (Å²) in [6.45, 7) is 1.28. The zero-order valence-electron chi connectivity index (χ0n) is 7.92. The van der Waals surface area contributed by atoms with Crippen molar-refractivity contribution in [2.24, 2.45) is 0 Å². The maximum absolute atomic E-state index is 10.1. The first-order chi connectivity index (χ1) is 7.19. The van der Waals surface area contributed by atoms with Crippen LogP contribution in [-0.2, 0) is 5.60 Å². The van der Waals surface area contributed by atoms with Gasteiger partial charge in [-0.25, -0.2) is 0 Å². The molecule has 0 bridgehead atoms. The number of hydrogen-bond donors (Lipinski definition) is 2. The van der Waals surface area contributed by atoms with E-state index in [2.05, 4.69) is 5.32 Å². The van der Waals surface area contributed by atoms with Crippen molar-refractivity contribution in [3.63, 3.8) is 0 Å². The predicted octanol–water partition coefficient (Wildman–Crippen LogP) is 0.859. The molecular weight excluding hydrogens is 218 g/mol. The highest BCUT2D eigenvalue weighted by atomic mass is 35.5. The van der Waals surface area contributed by atoms with Gasteiger partial charge in [0.2, 0.25) is 6.79 Å². The normalized spacial score (nSPS) is 21.2. The first-order valence-electron chi connectivity index (χ1n) is 4.72. The van der Waals surface area contributed by atoms with E-state index in [4.69, 9.17) is 21.1 Å². The van der Waals surface area contributed by atoms with E-state index in [0.717, 1.165) is 5.56 Å². The fourth-order valence-corrected chi connectivity index (χ4v) is 2.07. The van der Waals surface area contributed by atoms with Crippen molar-refractivity contribution in [1.29, 1.82) is 0 Å². The Morgan fingerprint density at radius 3 is 2.80 bits per heavy atom. The van der Waals surface area contributed by atoms with E-state index in [9.17, 15) is 5.11 Å². The van der Waals surface area contributed by atoms with E-state index in [1.165, 1.54) is 0 Å². The molecule has 0 saturated carbocycles. The highest BCUT2D eigenvalue weighted by molar-refractivity contribution is 6.32. The summed E-state index contributed by atoms with van der Waals surface area (Å²) in [6, 6.07) is 3.52. The molecule has 4 nitrogen and oxygen atoms in total. The topological polar surface area (TPSA) is 50.7 Å². The SMILES string of the molecule is OC1(c2cc(Cl)c3c(c2)OCO3)CNC1. The lowest BCUT2D eigenvalue weighted by atomic mass is 9.88. The maximum Gasteiger partial charge on any atom is 0.231 e. The summed E-state index contributed by atoms with van der Waals surface area (Å²) in [7, 11) is 0. The molecule has 2 aliphatic heterocycles. The monoisotopic (exact) mass is 227 g/mol. The van der Waals surface area contributed by atoms with E-state index < -0.39 is 5.60 Å². The standard InChI is InChI=1S/C10H10ClNO3/c11-7-1-6(10(13)3-12-4-10)2-8-9(7)15-5-14-8/h1-2,12-13H,3-5H2. The molecule has 0 unspecified atom stereocenters. The summed E-state index contributed by atoms with van der Waals surface area (Å²) in [5.41, 5.74) is -0.0412. The number of halogens is 1. The van der Waals surface area contributed by atoms with Gasteiger partial charge in [0.25, 0.3) is 0 Å². The van der Waals surface area contributed by atoms with Crippen LogP contribution in [0.2, 0.25) is 5.02 Å². The zero-order valence-corrected chi connectivity index (χ0v) is 8.67. The zero-order chi connectivity index (χ0) is 10.5. The summed E-state index contributed by atoms with van der Waals surface area (Å²) in [6.07, 6.45) is 0. The van der Waals surface area contributed by atoms with E-state index in [1.807, 2.05) is 0 Å². The number of rotatable bonds is 1. The minimum atomic E-state index is -0.815. The van der Waals surface area contributed by atoms with Gasteiger partial charge in [-0.15, -0.1) is 0 Å². The second kappa shape index (κ2) is 3.01. The van der Waals surface area contributed by atoms with Crippen molar-refractivity contribution in [2.45, 2.75) is 5.60 Å². The number of benzene rings is 1. The summed E-state index contributed by atoms with van der Waals surface area (Å²) in [5.74, 6) is 1.18. The molecule has 0 spiro atoms. The Morgan fingerprint density at radius 1 is 1.33 bits per heavy atom. The summed E-state index contributed by atoms with van der Waals surface area (Å²) < 4.78 is 10.4. The Morgan fingerprint density at radius 2 is 2.13 bits per heavy atom. The number of β-amino-alcohol motifs (C(OH)–C–C–N with tert-alkyl or cyclic N) is 1. The average molecular weight is 228 g/mol. The molecule has 2 N–H and O–H groups in total. The van der Waals surface area contributed by atoms with Crippen LogP contribution in [0.1, 0.15) is 5.56 Å². The Balaban J connectivity index is 2.07. The minimum absolute atomic E-state index is 0.190. The summed E-state index contributed by atoms with van der Waals surface area (Å²) in [4.78, 5) is 0. The molecule has 1 aromatic carbocycles. The average Bonchev–Trinajstić information content (AvgIpc) is 2.62. The number of fused-ring (bicyclic) bond motifs is 1. The Hall–Kier alpha value is -0.970. The second-order valence-corrected chi connectivity index (χ2v) is 4.23. The first kappa shape index (κ1) is 9.27. The maximum atomic E-state index is 10.1. The third kappa shape index (κ3) is 1.29. The molecule has 1 fully saturated rings. The number of ether oxygens (including phenoxy) is 2. The molecule has 0 amide bonds. The fourth-order valence-electron chi connectivity index (χ4n) is 1.80. The van der Waals surface area contributed by atoms with Crippen LogP contribution < -0.4 is 14.8 Å².